The van der Waals surface area contributed by atoms with Crippen LogP contribution >= 0.6 is 0 Å². The van der Waals surface area contributed by atoms with Crippen molar-refractivity contribution in [1.29, 1.82) is 0 Å². The van der Waals surface area contributed by atoms with Gasteiger partial charge >= 0.3 is 0 Å². The second kappa shape index (κ2) is 8.45. The minimum absolute atomic E-state index is 0.115. The molecule has 1 heterocycles. The zero-order chi connectivity index (χ0) is 19.4. The second-order valence-electron chi connectivity index (χ2n) is 6.91. The van der Waals surface area contributed by atoms with Gasteiger partial charge in [0.15, 0.2) is 0 Å². The highest BCUT2D eigenvalue weighted by molar-refractivity contribution is 5.57. The number of halogens is 1. The van der Waals surface area contributed by atoms with Gasteiger partial charge in [0.1, 0.15) is 5.82 Å². The summed E-state index contributed by atoms with van der Waals surface area (Å²) in [6.45, 7) is 6.08. The highest BCUT2D eigenvalue weighted by atomic mass is 19.1. The molecule has 1 fully saturated rings. The first-order valence-electron chi connectivity index (χ1n) is 9.10. The molecule has 1 aliphatic rings. The van der Waals surface area contributed by atoms with Crippen molar-refractivity contribution in [3.05, 3.63) is 69.5 Å². The lowest BCUT2D eigenvalue weighted by Crippen LogP contribution is -2.47. The molecule has 0 aliphatic carbocycles. The van der Waals surface area contributed by atoms with Crippen LogP contribution in [0.15, 0.2) is 42.5 Å². The van der Waals surface area contributed by atoms with Crippen LogP contribution in [-0.4, -0.2) is 47.7 Å². The van der Waals surface area contributed by atoms with Gasteiger partial charge < -0.3 is 10.0 Å². The van der Waals surface area contributed by atoms with E-state index in [0.717, 1.165) is 49.5 Å². The number of aliphatic hydroxyl groups excluding tert-OH is 1. The fraction of sp³-hybridized carbons (Fsp3) is 0.400. The molecule has 1 N–H and O–H groups in total. The molecule has 3 rings (SSSR count). The van der Waals surface area contributed by atoms with E-state index in [2.05, 4.69) is 9.80 Å². The van der Waals surface area contributed by atoms with Crippen LogP contribution in [-0.2, 0) is 0 Å². The fourth-order valence-electron chi connectivity index (χ4n) is 3.48. The Morgan fingerprint density at radius 1 is 1.15 bits per heavy atom. The Morgan fingerprint density at radius 2 is 1.81 bits per heavy atom. The molecular formula is C20H24FN3O3. The van der Waals surface area contributed by atoms with Crippen LogP contribution < -0.4 is 4.90 Å². The SMILES string of the molecule is Cc1cc([N+](=O)[O-])ccc1N1CCN(CCC(O)c2ccc(F)cc2)CC1. The third kappa shape index (κ3) is 4.81. The lowest BCUT2D eigenvalue weighted by Gasteiger charge is -2.37. The molecule has 2 aromatic carbocycles. The summed E-state index contributed by atoms with van der Waals surface area (Å²) in [6.07, 6.45) is 0.00268. The summed E-state index contributed by atoms with van der Waals surface area (Å²) < 4.78 is 13.0. The predicted octanol–water partition coefficient (Wildman–Crippen LogP) is 3.29. The Balaban J connectivity index is 1.50. The van der Waals surface area contributed by atoms with Gasteiger partial charge in [0, 0.05) is 50.5 Å². The first-order valence-corrected chi connectivity index (χ1v) is 9.10. The molecule has 0 bridgehead atoms. The highest BCUT2D eigenvalue weighted by Gasteiger charge is 2.20. The number of nitro benzene ring substituents is 1. The number of aryl methyl sites for hydroxylation is 1. The van der Waals surface area contributed by atoms with E-state index < -0.39 is 6.10 Å². The van der Waals surface area contributed by atoms with Crippen LogP contribution in [0.3, 0.4) is 0 Å². The van der Waals surface area contributed by atoms with Gasteiger partial charge in [-0.25, -0.2) is 4.39 Å². The molecule has 144 valence electrons. The van der Waals surface area contributed by atoms with Gasteiger partial charge in [-0.2, -0.15) is 0 Å². The van der Waals surface area contributed by atoms with Gasteiger partial charge in [-0.1, -0.05) is 12.1 Å². The molecule has 1 atom stereocenters. The number of non-ortho nitro benzene ring substituents is 1. The molecule has 7 heteroatoms. The second-order valence-corrected chi connectivity index (χ2v) is 6.91. The first-order chi connectivity index (χ1) is 12.9. The van der Waals surface area contributed by atoms with Gasteiger partial charge in [0.25, 0.3) is 5.69 Å². The minimum atomic E-state index is -0.597. The summed E-state index contributed by atoms with van der Waals surface area (Å²) in [7, 11) is 0. The number of benzene rings is 2. The van der Waals surface area contributed by atoms with E-state index in [9.17, 15) is 19.6 Å². The number of aliphatic hydroxyl groups is 1. The van der Waals surface area contributed by atoms with E-state index in [1.807, 2.05) is 13.0 Å². The van der Waals surface area contributed by atoms with E-state index in [0.29, 0.717) is 6.42 Å². The van der Waals surface area contributed by atoms with E-state index in [1.54, 1.807) is 24.3 Å². The molecule has 1 aliphatic heterocycles. The molecule has 1 unspecified atom stereocenters. The Kier molecular flexibility index (Phi) is 6.03. The topological polar surface area (TPSA) is 69.9 Å². The summed E-state index contributed by atoms with van der Waals surface area (Å²) in [4.78, 5) is 15.0. The smallest absolute Gasteiger partial charge is 0.269 e. The van der Waals surface area contributed by atoms with Crippen LogP contribution in [0.25, 0.3) is 0 Å². The number of piperazine rings is 1. The van der Waals surface area contributed by atoms with Gasteiger partial charge in [-0.05, 0) is 42.7 Å². The van der Waals surface area contributed by atoms with Crippen molar-refractivity contribution in [2.75, 3.05) is 37.6 Å². The van der Waals surface area contributed by atoms with E-state index in [1.165, 1.54) is 12.1 Å². The summed E-state index contributed by atoms with van der Waals surface area (Å²) in [6, 6.07) is 11.0. The lowest BCUT2D eigenvalue weighted by molar-refractivity contribution is -0.384. The number of hydrogen-bond acceptors (Lipinski definition) is 5. The molecule has 0 saturated carbocycles. The van der Waals surface area contributed by atoms with Crippen LogP contribution in [0, 0.1) is 22.9 Å². The Bertz CT molecular complexity index is 790. The number of anilines is 1. The van der Waals surface area contributed by atoms with Gasteiger partial charge in [-0.3, -0.25) is 15.0 Å². The quantitative estimate of drug-likeness (QED) is 0.622. The molecule has 0 spiro atoms. The first kappa shape index (κ1) is 19.3. The van der Waals surface area contributed by atoms with Crippen molar-refractivity contribution in [2.24, 2.45) is 0 Å². The predicted molar refractivity (Wildman–Crippen MR) is 102 cm³/mol. The molecule has 1 saturated heterocycles. The molecule has 0 aromatic heterocycles. The van der Waals surface area contributed by atoms with Crippen molar-refractivity contribution in [3.8, 4) is 0 Å². The molecule has 6 nitrogen and oxygen atoms in total. The lowest BCUT2D eigenvalue weighted by atomic mass is 10.1. The number of nitrogens with zero attached hydrogens (tertiary/aromatic N) is 3. The normalized spacial score (nSPS) is 16.3. The fourth-order valence-corrected chi connectivity index (χ4v) is 3.48. The minimum Gasteiger partial charge on any atom is -0.388 e. The van der Waals surface area contributed by atoms with Gasteiger partial charge in [0.05, 0.1) is 11.0 Å². The van der Waals surface area contributed by atoms with E-state index in [-0.39, 0.29) is 16.4 Å². The summed E-state index contributed by atoms with van der Waals surface area (Å²) in [5.41, 5.74) is 2.79. The van der Waals surface area contributed by atoms with E-state index in [4.69, 9.17) is 0 Å². The molecule has 0 radical (unpaired) electrons. The van der Waals surface area contributed by atoms with Crippen LogP contribution in [0.5, 0.6) is 0 Å². The monoisotopic (exact) mass is 373 g/mol. The molecular weight excluding hydrogens is 349 g/mol. The highest BCUT2D eigenvalue weighted by Crippen LogP contribution is 2.26. The van der Waals surface area contributed by atoms with Crippen molar-refractivity contribution in [1.82, 2.24) is 4.90 Å². The number of hydrogen-bond donors (Lipinski definition) is 1. The Hall–Kier alpha value is -2.51. The Morgan fingerprint density at radius 3 is 2.41 bits per heavy atom. The van der Waals surface area contributed by atoms with Crippen molar-refractivity contribution < 1.29 is 14.4 Å². The van der Waals surface area contributed by atoms with Crippen molar-refractivity contribution in [2.45, 2.75) is 19.4 Å². The number of nitro groups is 1. The standard InChI is InChI=1S/C20H24FN3O3/c1-15-14-18(24(26)27)6-7-19(15)23-12-10-22(11-13-23)9-8-20(25)16-2-4-17(21)5-3-16/h2-7,14,20,25H,8-13H2,1H3. The van der Waals surface area contributed by atoms with Gasteiger partial charge in [-0.15, -0.1) is 0 Å². The van der Waals surface area contributed by atoms with Gasteiger partial charge in [0.2, 0.25) is 0 Å². The van der Waals surface area contributed by atoms with Crippen LogP contribution in [0.4, 0.5) is 15.8 Å². The molecule has 0 amide bonds. The molecule has 2 aromatic rings. The van der Waals surface area contributed by atoms with Crippen LogP contribution in [0.1, 0.15) is 23.7 Å². The average Bonchev–Trinajstić information content (AvgIpc) is 2.67. The third-order valence-electron chi connectivity index (χ3n) is 5.08. The van der Waals surface area contributed by atoms with Crippen molar-refractivity contribution in [3.63, 3.8) is 0 Å². The maximum absolute atomic E-state index is 13.0. The largest absolute Gasteiger partial charge is 0.388 e. The summed E-state index contributed by atoms with van der Waals surface area (Å²) in [5, 5.41) is 21.1. The van der Waals surface area contributed by atoms with Crippen molar-refractivity contribution >= 4 is 11.4 Å². The summed E-state index contributed by atoms with van der Waals surface area (Å²) >= 11 is 0. The summed E-state index contributed by atoms with van der Waals surface area (Å²) in [5.74, 6) is -0.302. The number of rotatable bonds is 6. The zero-order valence-corrected chi connectivity index (χ0v) is 15.3. The zero-order valence-electron chi connectivity index (χ0n) is 15.3. The van der Waals surface area contributed by atoms with Crippen LogP contribution in [0.2, 0.25) is 0 Å². The molecule has 27 heavy (non-hydrogen) atoms. The average molecular weight is 373 g/mol. The third-order valence-corrected chi connectivity index (χ3v) is 5.08. The maximum Gasteiger partial charge on any atom is 0.269 e. The Labute approximate surface area is 158 Å². The van der Waals surface area contributed by atoms with E-state index >= 15 is 0 Å². The maximum atomic E-state index is 13.0.